The lowest BCUT2D eigenvalue weighted by Gasteiger charge is -2.07. The fourth-order valence-corrected chi connectivity index (χ4v) is 1.48. The van der Waals surface area contributed by atoms with Crippen molar-refractivity contribution in [3.63, 3.8) is 0 Å². The standard InChI is InChI=1S/C11H9NO3/c1-2-8-9(11(14)15)4-3-7(5-12)10(8)6-13/h3-4,6H,2H2,1H3,(H,14,15). The molecule has 15 heavy (non-hydrogen) atoms. The summed E-state index contributed by atoms with van der Waals surface area (Å²) in [4.78, 5) is 21.6. The Balaban J connectivity index is 3.56. The largest absolute Gasteiger partial charge is 0.478 e. The zero-order chi connectivity index (χ0) is 11.4. The van der Waals surface area contributed by atoms with Gasteiger partial charge in [-0.25, -0.2) is 4.79 Å². The summed E-state index contributed by atoms with van der Waals surface area (Å²) < 4.78 is 0. The van der Waals surface area contributed by atoms with Gasteiger partial charge in [0.15, 0.2) is 6.29 Å². The van der Waals surface area contributed by atoms with Gasteiger partial charge in [0.1, 0.15) is 0 Å². The zero-order valence-electron chi connectivity index (χ0n) is 8.15. The molecule has 0 aliphatic carbocycles. The normalized spacial score (nSPS) is 9.33. The van der Waals surface area contributed by atoms with Gasteiger partial charge in [0.05, 0.1) is 17.2 Å². The van der Waals surface area contributed by atoms with Crippen molar-refractivity contribution in [2.45, 2.75) is 13.3 Å². The van der Waals surface area contributed by atoms with E-state index in [4.69, 9.17) is 10.4 Å². The fraction of sp³-hybridized carbons (Fsp3) is 0.182. The number of hydrogen-bond acceptors (Lipinski definition) is 3. The van der Waals surface area contributed by atoms with Crippen molar-refractivity contribution < 1.29 is 14.7 Å². The molecule has 0 fully saturated rings. The maximum Gasteiger partial charge on any atom is 0.335 e. The molecule has 1 N–H and O–H groups in total. The molecule has 0 unspecified atom stereocenters. The first-order valence-electron chi connectivity index (χ1n) is 4.40. The molecule has 0 heterocycles. The number of rotatable bonds is 3. The number of aldehydes is 1. The Morgan fingerprint density at radius 2 is 2.27 bits per heavy atom. The van der Waals surface area contributed by atoms with Gasteiger partial charge in [0.25, 0.3) is 0 Å². The maximum atomic E-state index is 10.8. The van der Waals surface area contributed by atoms with E-state index in [1.807, 2.05) is 6.07 Å². The molecule has 0 atom stereocenters. The van der Waals surface area contributed by atoms with Gasteiger partial charge in [-0.05, 0) is 24.1 Å². The van der Waals surface area contributed by atoms with Crippen LogP contribution < -0.4 is 0 Å². The first-order valence-corrected chi connectivity index (χ1v) is 4.40. The summed E-state index contributed by atoms with van der Waals surface area (Å²) in [5, 5.41) is 17.6. The molecule has 0 aliphatic heterocycles. The third-order valence-corrected chi connectivity index (χ3v) is 2.18. The monoisotopic (exact) mass is 203 g/mol. The minimum atomic E-state index is -1.08. The van der Waals surface area contributed by atoms with Crippen LogP contribution in [0.15, 0.2) is 12.1 Å². The highest BCUT2D eigenvalue weighted by molar-refractivity contribution is 5.94. The summed E-state index contributed by atoms with van der Waals surface area (Å²) in [7, 11) is 0. The van der Waals surface area contributed by atoms with Crippen LogP contribution in [0, 0.1) is 11.3 Å². The van der Waals surface area contributed by atoms with Crippen molar-refractivity contribution in [3.8, 4) is 6.07 Å². The number of carbonyl (C=O) groups excluding carboxylic acids is 1. The molecule has 4 heteroatoms. The van der Waals surface area contributed by atoms with E-state index in [1.165, 1.54) is 12.1 Å². The van der Waals surface area contributed by atoms with E-state index in [-0.39, 0.29) is 16.7 Å². The summed E-state index contributed by atoms with van der Waals surface area (Å²) in [6, 6.07) is 4.57. The van der Waals surface area contributed by atoms with Gasteiger partial charge in [-0.1, -0.05) is 6.92 Å². The van der Waals surface area contributed by atoms with E-state index < -0.39 is 5.97 Å². The second-order valence-electron chi connectivity index (χ2n) is 2.94. The minimum absolute atomic E-state index is 0.0820. The average molecular weight is 203 g/mol. The molecule has 4 nitrogen and oxygen atoms in total. The molecule has 0 aliphatic rings. The molecule has 76 valence electrons. The SMILES string of the molecule is CCc1c(C(=O)O)ccc(C#N)c1C=O. The van der Waals surface area contributed by atoms with E-state index in [2.05, 4.69) is 0 Å². The predicted octanol–water partition coefficient (Wildman–Crippen LogP) is 1.63. The highest BCUT2D eigenvalue weighted by Crippen LogP contribution is 2.18. The Morgan fingerprint density at radius 3 is 2.67 bits per heavy atom. The van der Waals surface area contributed by atoms with Crippen LogP contribution in [0.4, 0.5) is 0 Å². The lowest BCUT2D eigenvalue weighted by atomic mass is 9.95. The quantitative estimate of drug-likeness (QED) is 0.757. The van der Waals surface area contributed by atoms with Gasteiger partial charge in [0, 0.05) is 5.56 Å². The van der Waals surface area contributed by atoms with Gasteiger partial charge in [-0.3, -0.25) is 4.79 Å². The molecule has 0 radical (unpaired) electrons. The highest BCUT2D eigenvalue weighted by Gasteiger charge is 2.15. The number of carbonyl (C=O) groups is 2. The number of carboxylic acid groups (broad SMARTS) is 1. The van der Waals surface area contributed by atoms with Crippen LogP contribution in [0.5, 0.6) is 0 Å². The van der Waals surface area contributed by atoms with Crippen LogP contribution in [0.3, 0.4) is 0 Å². The number of carboxylic acids is 1. The molecule has 0 amide bonds. The number of hydrogen-bond donors (Lipinski definition) is 1. The number of nitriles is 1. The highest BCUT2D eigenvalue weighted by atomic mass is 16.4. The molecule has 1 aromatic rings. The van der Waals surface area contributed by atoms with E-state index in [0.29, 0.717) is 18.3 Å². The van der Waals surface area contributed by atoms with Crippen molar-refractivity contribution in [1.29, 1.82) is 5.26 Å². The minimum Gasteiger partial charge on any atom is -0.478 e. The Kier molecular flexibility index (Phi) is 3.19. The third kappa shape index (κ3) is 1.86. The van der Waals surface area contributed by atoms with Crippen molar-refractivity contribution in [2.75, 3.05) is 0 Å². The lowest BCUT2D eigenvalue weighted by molar-refractivity contribution is 0.0695. The molecule has 1 rings (SSSR count). The first-order chi connectivity index (χ1) is 7.15. The molecule has 0 bridgehead atoms. The maximum absolute atomic E-state index is 10.8. The second-order valence-corrected chi connectivity index (χ2v) is 2.94. The van der Waals surface area contributed by atoms with Crippen LogP contribution >= 0.6 is 0 Å². The summed E-state index contributed by atoms with van der Waals surface area (Å²) in [5.41, 5.74) is 0.891. The second kappa shape index (κ2) is 4.38. The molecular formula is C11H9NO3. The Labute approximate surface area is 86.8 Å². The van der Waals surface area contributed by atoms with Gasteiger partial charge < -0.3 is 5.11 Å². The van der Waals surface area contributed by atoms with Crippen LogP contribution in [-0.2, 0) is 6.42 Å². The van der Waals surface area contributed by atoms with Gasteiger partial charge in [0.2, 0.25) is 0 Å². The van der Waals surface area contributed by atoms with Crippen molar-refractivity contribution in [2.24, 2.45) is 0 Å². The van der Waals surface area contributed by atoms with Crippen LogP contribution in [0.2, 0.25) is 0 Å². The van der Waals surface area contributed by atoms with Crippen LogP contribution in [0.25, 0.3) is 0 Å². The van der Waals surface area contributed by atoms with Crippen LogP contribution in [0.1, 0.15) is 38.8 Å². The number of benzene rings is 1. The van der Waals surface area contributed by atoms with Crippen molar-refractivity contribution >= 4 is 12.3 Å². The predicted molar refractivity (Wildman–Crippen MR) is 52.9 cm³/mol. The van der Waals surface area contributed by atoms with E-state index in [1.54, 1.807) is 6.92 Å². The fourth-order valence-electron chi connectivity index (χ4n) is 1.48. The molecule has 0 saturated carbocycles. The van der Waals surface area contributed by atoms with Gasteiger partial charge >= 0.3 is 5.97 Å². The topological polar surface area (TPSA) is 78.2 Å². The Hall–Kier alpha value is -2.15. The summed E-state index contributed by atoms with van der Waals surface area (Å²) in [6.07, 6.45) is 0.940. The van der Waals surface area contributed by atoms with E-state index in [0.717, 1.165) is 0 Å². The van der Waals surface area contributed by atoms with Gasteiger partial charge in [-0.2, -0.15) is 5.26 Å². The summed E-state index contributed by atoms with van der Waals surface area (Å²) >= 11 is 0. The van der Waals surface area contributed by atoms with Gasteiger partial charge in [-0.15, -0.1) is 0 Å². The molecule has 1 aromatic carbocycles. The third-order valence-electron chi connectivity index (χ3n) is 2.18. The molecule has 0 aromatic heterocycles. The Bertz CT molecular complexity index is 458. The smallest absolute Gasteiger partial charge is 0.335 e. The average Bonchev–Trinajstić information content (AvgIpc) is 2.26. The Morgan fingerprint density at radius 1 is 1.60 bits per heavy atom. The number of nitrogens with zero attached hydrogens (tertiary/aromatic N) is 1. The number of aromatic carboxylic acids is 1. The molecular weight excluding hydrogens is 194 g/mol. The van der Waals surface area contributed by atoms with Crippen molar-refractivity contribution in [1.82, 2.24) is 0 Å². The summed E-state index contributed by atoms with van der Waals surface area (Å²) in [5.74, 6) is -1.08. The van der Waals surface area contributed by atoms with E-state index >= 15 is 0 Å². The summed E-state index contributed by atoms with van der Waals surface area (Å²) in [6.45, 7) is 1.75. The lowest BCUT2D eigenvalue weighted by Crippen LogP contribution is -2.06. The first kappa shape index (κ1) is 10.9. The van der Waals surface area contributed by atoms with Crippen molar-refractivity contribution in [3.05, 3.63) is 34.4 Å². The van der Waals surface area contributed by atoms with E-state index in [9.17, 15) is 9.59 Å². The molecule has 0 spiro atoms. The zero-order valence-corrected chi connectivity index (χ0v) is 8.15. The molecule has 0 saturated heterocycles. The van der Waals surface area contributed by atoms with Crippen LogP contribution in [-0.4, -0.2) is 17.4 Å².